The van der Waals surface area contributed by atoms with Crippen molar-refractivity contribution in [2.24, 2.45) is 5.84 Å². The van der Waals surface area contributed by atoms with Crippen molar-refractivity contribution in [2.45, 2.75) is 9.92 Å². The Morgan fingerprint density at radius 1 is 1.18 bits per heavy atom. The van der Waals surface area contributed by atoms with Crippen LogP contribution in [0, 0.1) is 11.6 Å². The van der Waals surface area contributed by atoms with Crippen LogP contribution in [-0.2, 0) is 0 Å². The summed E-state index contributed by atoms with van der Waals surface area (Å²) in [5, 5.41) is 0.532. The summed E-state index contributed by atoms with van der Waals surface area (Å²) in [6.07, 6.45) is 0. The minimum absolute atomic E-state index is 0.187. The van der Waals surface area contributed by atoms with E-state index in [1.54, 1.807) is 18.2 Å². The molecular formula is C11H9F2N3S. The highest BCUT2D eigenvalue weighted by Crippen LogP contribution is 2.29. The molecule has 0 bridgehead atoms. The summed E-state index contributed by atoms with van der Waals surface area (Å²) in [6, 6.07) is 8.38. The van der Waals surface area contributed by atoms with E-state index in [0.29, 0.717) is 10.8 Å². The molecule has 1 aromatic carbocycles. The van der Waals surface area contributed by atoms with E-state index in [1.165, 1.54) is 0 Å². The van der Waals surface area contributed by atoms with Crippen molar-refractivity contribution in [1.82, 2.24) is 4.98 Å². The standard InChI is InChI=1S/C11H9F2N3S/c12-7-4-5-8(13)9(6-7)17-11-3-1-2-10(15-11)16-14/h1-6H,14H2,(H,15,16). The predicted molar refractivity (Wildman–Crippen MR) is 62.5 cm³/mol. The number of nitrogens with one attached hydrogen (secondary N) is 1. The van der Waals surface area contributed by atoms with Crippen molar-refractivity contribution in [3.05, 3.63) is 48.0 Å². The minimum Gasteiger partial charge on any atom is -0.308 e. The normalized spacial score (nSPS) is 10.3. The summed E-state index contributed by atoms with van der Waals surface area (Å²) >= 11 is 1.04. The third-order valence-corrected chi connectivity index (χ3v) is 2.95. The number of hydrogen-bond donors (Lipinski definition) is 2. The van der Waals surface area contributed by atoms with Crippen LogP contribution in [0.25, 0.3) is 0 Å². The lowest BCUT2D eigenvalue weighted by molar-refractivity contribution is 0.577. The van der Waals surface area contributed by atoms with Gasteiger partial charge in [-0.15, -0.1) is 0 Å². The fraction of sp³-hybridized carbons (Fsp3) is 0. The molecule has 2 aromatic rings. The number of hydrogen-bond acceptors (Lipinski definition) is 4. The molecule has 0 aliphatic heterocycles. The lowest BCUT2D eigenvalue weighted by Gasteiger charge is -2.04. The zero-order chi connectivity index (χ0) is 12.3. The smallest absolute Gasteiger partial charge is 0.141 e. The first kappa shape index (κ1) is 11.8. The fourth-order valence-electron chi connectivity index (χ4n) is 1.22. The number of halogens is 2. The Kier molecular flexibility index (Phi) is 3.55. The van der Waals surface area contributed by atoms with Gasteiger partial charge in [0, 0.05) is 0 Å². The second-order valence-electron chi connectivity index (χ2n) is 3.18. The Morgan fingerprint density at radius 2 is 2.00 bits per heavy atom. The van der Waals surface area contributed by atoms with E-state index >= 15 is 0 Å². The molecule has 1 aromatic heterocycles. The average molecular weight is 253 g/mol. The Balaban J connectivity index is 2.27. The number of benzene rings is 1. The van der Waals surface area contributed by atoms with E-state index in [9.17, 15) is 8.78 Å². The maximum absolute atomic E-state index is 13.4. The molecule has 2 rings (SSSR count). The van der Waals surface area contributed by atoms with Crippen molar-refractivity contribution in [2.75, 3.05) is 5.43 Å². The second kappa shape index (κ2) is 5.11. The molecule has 3 N–H and O–H groups in total. The average Bonchev–Trinajstić information content (AvgIpc) is 2.34. The van der Waals surface area contributed by atoms with Crippen LogP contribution in [-0.4, -0.2) is 4.98 Å². The van der Waals surface area contributed by atoms with Gasteiger partial charge in [0.25, 0.3) is 0 Å². The highest BCUT2D eigenvalue weighted by molar-refractivity contribution is 7.99. The van der Waals surface area contributed by atoms with Gasteiger partial charge < -0.3 is 5.43 Å². The predicted octanol–water partition coefficient (Wildman–Crippen LogP) is 2.80. The van der Waals surface area contributed by atoms with Gasteiger partial charge in [-0.2, -0.15) is 0 Å². The van der Waals surface area contributed by atoms with Crippen molar-refractivity contribution in [1.29, 1.82) is 0 Å². The third-order valence-electron chi connectivity index (χ3n) is 1.98. The first-order valence-corrected chi connectivity index (χ1v) is 5.57. The highest BCUT2D eigenvalue weighted by Gasteiger charge is 2.07. The summed E-state index contributed by atoms with van der Waals surface area (Å²) in [5.74, 6) is 4.71. The van der Waals surface area contributed by atoms with Gasteiger partial charge in [-0.3, -0.25) is 0 Å². The quantitative estimate of drug-likeness (QED) is 0.652. The molecule has 0 saturated carbocycles. The number of aromatic nitrogens is 1. The van der Waals surface area contributed by atoms with Gasteiger partial charge in [0.1, 0.15) is 22.5 Å². The minimum atomic E-state index is -0.484. The molecule has 88 valence electrons. The van der Waals surface area contributed by atoms with Gasteiger partial charge in [-0.25, -0.2) is 19.6 Å². The topological polar surface area (TPSA) is 50.9 Å². The lowest BCUT2D eigenvalue weighted by Crippen LogP contribution is -2.08. The SMILES string of the molecule is NNc1cccc(Sc2cc(F)ccc2F)n1. The van der Waals surface area contributed by atoms with Crippen LogP contribution >= 0.6 is 11.8 Å². The molecule has 6 heteroatoms. The first-order valence-electron chi connectivity index (χ1n) is 4.75. The number of hydrazine groups is 1. The molecule has 17 heavy (non-hydrogen) atoms. The van der Waals surface area contributed by atoms with Crippen LogP contribution in [0.15, 0.2) is 46.3 Å². The largest absolute Gasteiger partial charge is 0.308 e. The van der Waals surface area contributed by atoms with Gasteiger partial charge in [-0.05, 0) is 30.3 Å². The van der Waals surface area contributed by atoms with Crippen LogP contribution in [0.5, 0.6) is 0 Å². The molecule has 3 nitrogen and oxygen atoms in total. The molecule has 0 fully saturated rings. The van der Waals surface area contributed by atoms with E-state index in [2.05, 4.69) is 10.4 Å². The summed E-state index contributed by atoms with van der Waals surface area (Å²) < 4.78 is 26.3. The van der Waals surface area contributed by atoms with Gasteiger partial charge >= 0.3 is 0 Å². The van der Waals surface area contributed by atoms with Crippen LogP contribution < -0.4 is 11.3 Å². The molecule has 0 saturated heterocycles. The van der Waals surface area contributed by atoms with E-state index in [-0.39, 0.29) is 4.90 Å². The molecule has 0 amide bonds. The third kappa shape index (κ3) is 2.92. The number of nitrogen functional groups attached to an aromatic ring is 1. The Bertz CT molecular complexity index is 534. The summed E-state index contributed by atoms with van der Waals surface area (Å²) in [6.45, 7) is 0. The zero-order valence-corrected chi connectivity index (χ0v) is 9.47. The van der Waals surface area contributed by atoms with E-state index in [0.717, 1.165) is 30.0 Å². The van der Waals surface area contributed by atoms with E-state index in [4.69, 9.17) is 5.84 Å². The first-order chi connectivity index (χ1) is 8.19. The summed E-state index contributed by atoms with van der Waals surface area (Å²) in [7, 11) is 0. The maximum Gasteiger partial charge on any atom is 0.141 e. The molecule has 1 heterocycles. The molecular weight excluding hydrogens is 244 g/mol. The lowest BCUT2D eigenvalue weighted by atomic mass is 10.3. The van der Waals surface area contributed by atoms with E-state index < -0.39 is 11.6 Å². The van der Waals surface area contributed by atoms with Crippen LogP contribution in [0.2, 0.25) is 0 Å². The van der Waals surface area contributed by atoms with Gasteiger partial charge in [0.15, 0.2) is 0 Å². The molecule has 0 atom stereocenters. The van der Waals surface area contributed by atoms with Gasteiger partial charge in [-0.1, -0.05) is 17.8 Å². The maximum atomic E-state index is 13.4. The Hall–Kier alpha value is -1.66. The second-order valence-corrected chi connectivity index (χ2v) is 4.24. The highest BCUT2D eigenvalue weighted by atomic mass is 32.2. The fourth-order valence-corrected chi connectivity index (χ4v) is 2.07. The number of nitrogens with zero attached hydrogens (tertiary/aromatic N) is 1. The molecule has 0 aliphatic rings. The molecule has 0 aliphatic carbocycles. The van der Waals surface area contributed by atoms with Crippen molar-refractivity contribution < 1.29 is 8.78 Å². The van der Waals surface area contributed by atoms with Crippen LogP contribution in [0.1, 0.15) is 0 Å². The molecule has 0 spiro atoms. The van der Waals surface area contributed by atoms with E-state index in [1.807, 2.05) is 0 Å². The Labute approximate surface area is 101 Å². The molecule has 0 unspecified atom stereocenters. The summed E-state index contributed by atoms with van der Waals surface area (Å²) in [4.78, 5) is 4.28. The molecule has 0 radical (unpaired) electrons. The Morgan fingerprint density at radius 3 is 2.76 bits per heavy atom. The monoisotopic (exact) mass is 253 g/mol. The number of nitrogens with two attached hydrogens (primary N) is 1. The number of anilines is 1. The van der Waals surface area contributed by atoms with Crippen molar-refractivity contribution >= 4 is 17.6 Å². The number of pyridine rings is 1. The van der Waals surface area contributed by atoms with Crippen molar-refractivity contribution in [3.63, 3.8) is 0 Å². The zero-order valence-electron chi connectivity index (χ0n) is 8.65. The van der Waals surface area contributed by atoms with Gasteiger partial charge in [0.05, 0.1) is 4.90 Å². The number of rotatable bonds is 3. The van der Waals surface area contributed by atoms with Crippen LogP contribution in [0.3, 0.4) is 0 Å². The van der Waals surface area contributed by atoms with Gasteiger partial charge in [0.2, 0.25) is 0 Å². The van der Waals surface area contributed by atoms with Crippen LogP contribution in [0.4, 0.5) is 14.6 Å². The van der Waals surface area contributed by atoms with Crippen molar-refractivity contribution in [3.8, 4) is 0 Å². The summed E-state index contributed by atoms with van der Waals surface area (Å²) in [5.41, 5.74) is 2.39.